The number of carbonyl (C=O) groups is 2. The fraction of sp³-hybridized carbons (Fsp3) is 0.875. The van der Waals surface area contributed by atoms with E-state index in [1.54, 1.807) is 0 Å². The molecule has 21 heavy (non-hydrogen) atoms. The van der Waals surface area contributed by atoms with Crippen molar-refractivity contribution in [2.75, 3.05) is 39.4 Å². The van der Waals surface area contributed by atoms with Gasteiger partial charge < -0.3 is 14.5 Å². The number of hydrogen-bond acceptors (Lipinski definition) is 3. The van der Waals surface area contributed by atoms with Crippen molar-refractivity contribution in [2.45, 2.75) is 39.5 Å². The number of hydrogen-bond donors (Lipinski definition) is 0. The summed E-state index contributed by atoms with van der Waals surface area (Å²) in [6, 6.07) is 0. The van der Waals surface area contributed by atoms with Gasteiger partial charge in [0.05, 0.1) is 0 Å². The lowest BCUT2D eigenvalue weighted by Gasteiger charge is -2.36. The molecular weight excluding hydrogens is 268 g/mol. The predicted octanol–water partition coefficient (Wildman–Crippen LogP) is 1.52. The first kappa shape index (κ1) is 16.3. The van der Waals surface area contributed by atoms with E-state index in [1.165, 1.54) is 0 Å². The summed E-state index contributed by atoms with van der Waals surface area (Å²) in [5, 5.41) is 0. The molecule has 2 heterocycles. The number of likely N-dealkylation sites (tertiary alicyclic amines) is 1. The van der Waals surface area contributed by atoms with Crippen LogP contribution >= 0.6 is 0 Å². The Bertz CT molecular complexity index is 355. The quantitative estimate of drug-likeness (QED) is 0.790. The Kier molecular flexibility index (Phi) is 6.03. The van der Waals surface area contributed by atoms with E-state index in [0.29, 0.717) is 13.2 Å². The predicted molar refractivity (Wildman–Crippen MR) is 80.8 cm³/mol. The van der Waals surface area contributed by atoms with Crippen LogP contribution < -0.4 is 0 Å². The van der Waals surface area contributed by atoms with Crippen LogP contribution in [0.15, 0.2) is 0 Å². The molecule has 2 aliphatic heterocycles. The molecule has 2 aliphatic rings. The van der Waals surface area contributed by atoms with Crippen LogP contribution in [0.25, 0.3) is 0 Å². The highest BCUT2D eigenvalue weighted by atomic mass is 16.5. The van der Waals surface area contributed by atoms with Gasteiger partial charge >= 0.3 is 0 Å². The number of rotatable bonds is 4. The standard InChI is InChI=1S/C16H28N2O3/c1-3-17(4-2)15(19)13-5-9-18(10-6-13)16(20)14-7-11-21-12-8-14/h13-14H,3-12H2,1-2H3. The number of piperidine rings is 1. The Balaban J connectivity index is 1.82. The maximum absolute atomic E-state index is 12.5. The summed E-state index contributed by atoms with van der Waals surface area (Å²) >= 11 is 0. The normalized spacial score (nSPS) is 21.3. The van der Waals surface area contributed by atoms with Gasteiger partial charge in [-0.05, 0) is 39.5 Å². The topological polar surface area (TPSA) is 49.9 Å². The molecule has 2 rings (SSSR count). The molecule has 5 heteroatoms. The molecule has 0 radical (unpaired) electrons. The SMILES string of the molecule is CCN(CC)C(=O)C1CCN(C(=O)C2CCOCC2)CC1. The molecule has 0 aromatic carbocycles. The van der Waals surface area contributed by atoms with E-state index < -0.39 is 0 Å². The average Bonchev–Trinajstić information content (AvgIpc) is 2.56. The molecule has 0 spiro atoms. The van der Waals surface area contributed by atoms with E-state index in [-0.39, 0.29) is 23.7 Å². The molecule has 2 amide bonds. The summed E-state index contributed by atoms with van der Waals surface area (Å²) in [4.78, 5) is 28.7. The summed E-state index contributed by atoms with van der Waals surface area (Å²) in [7, 11) is 0. The van der Waals surface area contributed by atoms with Crippen LogP contribution in [0, 0.1) is 11.8 Å². The maximum Gasteiger partial charge on any atom is 0.225 e. The molecule has 2 saturated heterocycles. The first-order chi connectivity index (χ1) is 10.2. The smallest absolute Gasteiger partial charge is 0.225 e. The highest BCUT2D eigenvalue weighted by Gasteiger charge is 2.32. The minimum absolute atomic E-state index is 0.101. The van der Waals surface area contributed by atoms with Crippen molar-refractivity contribution in [1.82, 2.24) is 9.80 Å². The van der Waals surface area contributed by atoms with Gasteiger partial charge in [-0.15, -0.1) is 0 Å². The number of carbonyl (C=O) groups excluding carboxylic acids is 2. The lowest BCUT2D eigenvalue weighted by Crippen LogP contribution is -2.46. The highest BCUT2D eigenvalue weighted by molar-refractivity contribution is 5.81. The molecule has 0 aromatic heterocycles. The summed E-state index contributed by atoms with van der Waals surface area (Å²) in [5.74, 6) is 0.766. The van der Waals surface area contributed by atoms with Crippen LogP contribution in [0.1, 0.15) is 39.5 Å². The molecule has 0 saturated carbocycles. The van der Waals surface area contributed by atoms with Crippen molar-refractivity contribution >= 4 is 11.8 Å². The first-order valence-corrected chi connectivity index (χ1v) is 8.32. The second-order valence-corrected chi connectivity index (χ2v) is 6.00. The van der Waals surface area contributed by atoms with E-state index >= 15 is 0 Å². The monoisotopic (exact) mass is 296 g/mol. The highest BCUT2D eigenvalue weighted by Crippen LogP contribution is 2.24. The molecule has 0 atom stereocenters. The third-order valence-corrected chi connectivity index (χ3v) is 4.80. The van der Waals surface area contributed by atoms with Crippen LogP contribution in [0.3, 0.4) is 0 Å². The van der Waals surface area contributed by atoms with Crippen LogP contribution in [-0.4, -0.2) is 61.0 Å². The summed E-state index contributed by atoms with van der Waals surface area (Å²) < 4.78 is 5.32. The van der Waals surface area contributed by atoms with E-state index in [4.69, 9.17) is 4.74 Å². The first-order valence-electron chi connectivity index (χ1n) is 8.32. The van der Waals surface area contributed by atoms with E-state index in [9.17, 15) is 9.59 Å². The molecule has 5 nitrogen and oxygen atoms in total. The van der Waals surface area contributed by atoms with Gasteiger partial charge in [-0.1, -0.05) is 0 Å². The van der Waals surface area contributed by atoms with Crippen molar-refractivity contribution in [3.63, 3.8) is 0 Å². The molecule has 120 valence electrons. The molecule has 0 aliphatic carbocycles. The molecule has 2 fully saturated rings. The average molecular weight is 296 g/mol. The Morgan fingerprint density at radius 1 is 1.00 bits per heavy atom. The van der Waals surface area contributed by atoms with Gasteiger partial charge in [0.25, 0.3) is 0 Å². The minimum atomic E-state index is 0.101. The third-order valence-electron chi connectivity index (χ3n) is 4.80. The number of nitrogens with zero attached hydrogens (tertiary/aromatic N) is 2. The van der Waals surface area contributed by atoms with Gasteiger partial charge in [0.2, 0.25) is 11.8 Å². The van der Waals surface area contributed by atoms with Crippen molar-refractivity contribution in [1.29, 1.82) is 0 Å². The van der Waals surface area contributed by atoms with Gasteiger partial charge in [-0.3, -0.25) is 9.59 Å². The maximum atomic E-state index is 12.5. The van der Waals surface area contributed by atoms with E-state index in [1.807, 2.05) is 23.6 Å². The molecule has 0 aromatic rings. The van der Waals surface area contributed by atoms with Crippen molar-refractivity contribution in [2.24, 2.45) is 11.8 Å². The summed E-state index contributed by atoms with van der Waals surface area (Å²) in [5.41, 5.74) is 0. The lowest BCUT2D eigenvalue weighted by atomic mass is 9.92. The lowest BCUT2D eigenvalue weighted by molar-refractivity contribution is -0.144. The Labute approximate surface area is 127 Å². The van der Waals surface area contributed by atoms with E-state index in [2.05, 4.69) is 0 Å². The summed E-state index contributed by atoms with van der Waals surface area (Å²) in [6.45, 7) is 8.45. The Morgan fingerprint density at radius 2 is 1.57 bits per heavy atom. The minimum Gasteiger partial charge on any atom is -0.381 e. The van der Waals surface area contributed by atoms with Gasteiger partial charge in [-0.25, -0.2) is 0 Å². The zero-order valence-electron chi connectivity index (χ0n) is 13.3. The molecule has 0 bridgehead atoms. The largest absolute Gasteiger partial charge is 0.381 e. The second-order valence-electron chi connectivity index (χ2n) is 6.00. The Hall–Kier alpha value is -1.10. The van der Waals surface area contributed by atoms with Gasteiger partial charge in [0.15, 0.2) is 0 Å². The van der Waals surface area contributed by atoms with Crippen LogP contribution in [0.4, 0.5) is 0 Å². The van der Waals surface area contributed by atoms with E-state index in [0.717, 1.165) is 51.9 Å². The fourth-order valence-corrected chi connectivity index (χ4v) is 3.34. The zero-order valence-corrected chi connectivity index (χ0v) is 13.3. The second kappa shape index (κ2) is 7.78. The van der Waals surface area contributed by atoms with Crippen molar-refractivity contribution < 1.29 is 14.3 Å². The summed E-state index contributed by atoms with van der Waals surface area (Å²) in [6.07, 6.45) is 3.31. The number of ether oxygens (including phenoxy) is 1. The third kappa shape index (κ3) is 3.96. The van der Waals surface area contributed by atoms with Gasteiger partial charge in [-0.2, -0.15) is 0 Å². The van der Waals surface area contributed by atoms with Crippen LogP contribution in [-0.2, 0) is 14.3 Å². The number of amides is 2. The molecular formula is C16H28N2O3. The Morgan fingerprint density at radius 3 is 2.10 bits per heavy atom. The van der Waals surface area contributed by atoms with Crippen LogP contribution in [0.5, 0.6) is 0 Å². The zero-order chi connectivity index (χ0) is 15.2. The van der Waals surface area contributed by atoms with Gasteiger partial charge in [0.1, 0.15) is 0 Å². The van der Waals surface area contributed by atoms with Gasteiger partial charge in [0, 0.05) is 51.2 Å². The van der Waals surface area contributed by atoms with Crippen molar-refractivity contribution in [3.8, 4) is 0 Å². The van der Waals surface area contributed by atoms with Crippen LogP contribution in [0.2, 0.25) is 0 Å². The molecule has 0 unspecified atom stereocenters. The molecule has 0 N–H and O–H groups in total. The van der Waals surface area contributed by atoms with Crippen molar-refractivity contribution in [3.05, 3.63) is 0 Å². The fourth-order valence-electron chi connectivity index (χ4n) is 3.34.